The second kappa shape index (κ2) is 10.8. The molecule has 4 aliphatic heterocycles. The summed E-state index contributed by atoms with van der Waals surface area (Å²) in [6.07, 6.45) is 15.3. The van der Waals surface area contributed by atoms with Crippen molar-refractivity contribution in [3.63, 3.8) is 0 Å². The van der Waals surface area contributed by atoms with Crippen molar-refractivity contribution >= 4 is 11.8 Å². The SMILES string of the molecule is CC[C@H]1O[C@]2(CC[C@@H]1C)C[C@@H]1C[C@@H](C/C=C/C[C@@H](C)/C=C/C=C3\CO[C@@H]4C(=O)C(C)=C[C@@H](C(=O)O1)[C@]34O)O2. The van der Waals surface area contributed by atoms with Crippen LogP contribution in [-0.4, -0.2) is 59.3 Å². The van der Waals surface area contributed by atoms with Crippen LogP contribution < -0.4 is 0 Å². The minimum Gasteiger partial charge on any atom is -0.462 e. The maximum absolute atomic E-state index is 13.8. The molecular formula is C31H42O7. The van der Waals surface area contributed by atoms with Gasteiger partial charge in [-0.15, -0.1) is 0 Å². The van der Waals surface area contributed by atoms with Crippen molar-refractivity contribution in [2.24, 2.45) is 17.8 Å². The minimum absolute atomic E-state index is 0.0866. The molecular weight excluding hydrogens is 484 g/mol. The Morgan fingerprint density at radius 3 is 2.68 bits per heavy atom. The summed E-state index contributed by atoms with van der Waals surface area (Å²) in [5.41, 5.74) is -0.850. The summed E-state index contributed by atoms with van der Waals surface area (Å²) in [6.45, 7) is 8.22. The highest BCUT2D eigenvalue weighted by Gasteiger charge is 2.60. The zero-order chi connectivity index (χ0) is 27.1. The van der Waals surface area contributed by atoms with Gasteiger partial charge in [-0.25, -0.2) is 0 Å². The lowest BCUT2D eigenvalue weighted by Crippen LogP contribution is -2.57. The third-order valence-electron chi connectivity index (χ3n) is 9.01. The van der Waals surface area contributed by atoms with Crippen LogP contribution in [0.15, 0.2) is 47.6 Å². The number of ether oxygens (including phenoxy) is 4. The number of Topliss-reactive ketones (excluding diaryl/α,β-unsaturated/α-hetero) is 1. The van der Waals surface area contributed by atoms with Crippen molar-refractivity contribution in [2.75, 3.05) is 6.61 Å². The summed E-state index contributed by atoms with van der Waals surface area (Å²) in [6, 6.07) is 0. The molecule has 208 valence electrons. The average molecular weight is 527 g/mol. The fourth-order valence-corrected chi connectivity index (χ4v) is 6.72. The van der Waals surface area contributed by atoms with Gasteiger partial charge in [0.2, 0.25) is 0 Å². The van der Waals surface area contributed by atoms with Crippen LogP contribution in [0, 0.1) is 17.8 Å². The van der Waals surface area contributed by atoms with Crippen LogP contribution in [0.25, 0.3) is 0 Å². The molecule has 1 spiro atoms. The van der Waals surface area contributed by atoms with Gasteiger partial charge in [-0.05, 0) is 55.6 Å². The molecule has 0 aromatic carbocycles. The van der Waals surface area contributed by atoms with Crippen molar-refractivity contribution in [1.29, 1.82) is 0 Å². The molecule has 3 saturated heterocycles. The van der Waals surface area contributed by atoms with Crippen molar-refractivity contribution in [1.82, 2.24) is 0 Å². The van der Waals surface area contributed by atoms with E-state index in [-0.39, 0.29) is 30.5 Å². The molecule has 38 heavy (non-hydrogen) atoms. The smallest absolute Gasteiger partial charge is 0.316 e. The molecule has 0 radical (unpaired) electrons. The van der Waals surface area contributed by atoms with Crippen LogP contribution in [0.4, 0.5) is 0 Å². The van der Waals surface area contributed by atoms with E-state index in [1.807, 2.05) is 6.08 Å². The third-order valence-corrected chi connectivity index (χ3v) is 9.01. The van der Waals surface area contributed by atoms with Crippen LogP contribution >= 0.6 is 0 Å². The highest BCUT2D eigenvalue weighted by molar-refractivity contribution is 6.03. The standard InChI is InChI=1S/C31H42O7/c1-5-26-20(3)13-14-30(38-26)17-24-16-23(37-30)12-7-6-9-19(2)10-8-11-22-18-35-28-27(32)21(4)15-25(29(33)36-24)31(22,28)34/h6-8,10-11,15,19-20,23-26,28,34H,5,9,12-14,16-18H2,1-4H3/b7-6+,10-8+,22-11+/t19-,20+,23-,24+,25+,26-,28-,30-,31-/m1/s1. The molecule has 9 atom stereocenters. The Hall–Kier alpha value is -2.06. The zero-order valence-corrected chi connectivity index (χ0v) is 23.1. The fraction of sp³-hybridized carbons (Fsp3) is 0.677. The summed E-state index contributed by atoms with van der Waals surface area (Å²) < 4.78 is 25.2. The summed E-state index contributed by atoms with van der Waals surface area (Å²) >= 11 is 0. The Balaban J connectivity index is 1.49. The van der Waals surface area contributed by atoms with Gasteiger partial charge in [-0.1, -0.05) is 57.2 Å². The Bertz CT molecular complexity index is 1060. The van der Waals surface area contributed by atoms with E-state index in [9.17, 15) is 14.7 Å². The number of fused-ring (bicyclic) bond motifs is 2. The lowest BCUT2D eigenvalue weighted by Gasteiger charge is -2.49. The summed E-state index contributed by atoms with van der Waals surface area (Å²) in [4.78, 5) is 26.7. The number of esters is 1. The van der Waals surface area contributed by atoms with Crippen LogP contribution in [0.2, 0.25) is 0 Å². The Labute approximate surface area is 225 Å². The molecule has 0 aromatic heterocycles. The van der Waals surface area contributed by atoms with Crippen molar-refractivity contribution < 1.29 is 33.6 Å². The Kier molecular flexibility index (Phi) is 7.84. The van der Waals surface area contributed by atoms with Gasteiger partial charge in [0.1, 0.15) is 17.6 Å². The maximum Gasteiger partial charge on any atom is 0.316 e. The van der Waals surface area contributed by atoms with Crippen molar-refractivity contribution in [3.8, 4) is 0 Å². The second-order valence-electron chi connectivity index (χ2n) is 11.9. The molecule has 0 unspecified atom stereocenters. The highest BCUT2D eigenvalue weighted by Crippen LogP contribution is 2.46. The summed E-state index contributed by atoms with van der Waals surface area (Å²) in [7, 11) is 0. The number of carbonyl (C=O) groups is 2. The van der Waals surface area contributed by atoms with Crippen LogP contribution in [0.1, 0.15) is 72.6 Å². The average Bonchev–Trinajstić information content (AvgIpc) is 3.22. The van der Waals surface area contributed by atoms with E-state index in [0.29, 0.717) is 36.3 Å². The van der Waals surface area contributed by atoms with E-state index in [4.69, 9.17) is 18.9 Å². The first kappa shape index (κ1) is 27.5. The topological polar surface area (TPSA) is 91.3 Å². The predicted molar refractivity (Wildman–Crippen MR) is 142 cm³/mol. The highest BCUT2D eigenvalue weighted by atomic mass is 16.7. The molecule has 0 saturated carbocycles. The van der Waals surface area contributed by atoms with E-state index >= 15 is 0 Å². The van der Waals surface area contributed by atoms with Gasteiger partial charge >= 0.3 is 5.97 Å². The molecule has 5 aliphatic rings. The monoisotopic (exact) mass is 526 g/mol. The number of allylic oxidation sites excluding steroid dienone is 4. The molecule has 3 fully saturated rings. The molecule has 2 bridgehead atoms. The molecule has 4 heterocycles. The number of hydrogen-bond donors (Lipinski definition) is 1. The Morgan fingerprint density at radius 2 is 1.89 bits per heavy atom. The minimum atomic E-state index is -1.77. The molecule has 0 aromatic rings. The van der Waals surface area contributed by atoms with Gasteiger partial charge in [-0.3, -0.25) is 9.59 Å². The van der Waals surface area contributed by atoms with E-state index in [1.54, 1.807) is 19.1 Å². The van der Waals surface area contributed by atoms with Gasteiger partial charge < -0.3 is 24.1 Å². The number of ketones is 1. The first-order valence-corrected chi connectivity index (χ1v) is 14.3. The molecule has 7 nitrogen and oxygen atoms in total. The lowest BCUT2D eigenvalue weighted by atomic mass is 9.71. The van der Waals surface area contributed by atoms with E-state index < -0.39 is 35.5 Å². The van der Waals surface area contributed by atoms with Crippen LogP contribution in [-0.2, 0) is 28.5 Å². The predicted octanol–water partition coefficient (Wildman–Crippen LogP) is 4.74. The van der Waals surface area contributed by atoms with Gasteiger partial charge in [0.05, 0.1) is 18.8 Å². The number of hydrogen-bond acceptors (Lipinski definition) is 7. The largest absolute Gasteiger partial charge is 0.462 e. The molecule has 1 N–H and O–H groups in total. The van der Waals surface area contributed by atoms with Gasteiger partial charge in [0.25, 0.3) is 0 Å². The first-order valence-electron chi connectivity index (χ1n) is 14.3. The first-order chi connectivity index (χ1) is 18.1. The van der Waals surface area contributed by atoms with E-state index in [0.717, 1.165) is 25.7 Å². The van der Waals surface area contributed by atoms with Crippen LogP contribution in [0.5, 0.6) is 0 Å². The van der Waals surface area contributed by atoms with Crippen molar-refractivity contribution in [2.45, 2.75) is 108 Å². The third kappa shape index (κ3) is 5.10. The van der Waals surface area contributed by atoms with Crippen LogP contribution in [0.3, 0.4) is 0 Å². The Morgan fingerprint density at radius 1 is 1.11 bits per heavy atom. The van der Waals surface area contributed by atoms with E-state index in [1.165, 1.54) is 0 Å². The fourth-order valence-electron chi connectivity index (χ4n) is 6.72. The van der Waals surface area contributed by atoms with Gasteiger partial charge in [0, 0.05) is 19.3 Å². The number of aliphatic hydroxyl groups is 1. The summed E-state index contributed by atoms with van der Waals surface area (Å²) in [5, 5.41) is 11.9. The molecule has 0 amide bonds. The normalized spacial score (nSPS) is 46.9. The quantitative estimate of drug-likeness (QED) is 0.390. The summed E-state index contributed by atoms with van der Waals surface area (Å²) in [5.74, 6) is -1.94. The molecule has 7 heteroatoms. The lowest BCUT2D eigenvalue weighted by molar-refractivity contribution is -0.335. The number of rotatable bonds is 1. The second-order valence-corrected chi connectivity index (χ2v) is 11.9. The van der Waals surface area contributed by atoms with Gasteiger partial charge in [-0.2, -0.15) is 0 Å². The molecule has 1 aliphatic carbocycles. The van der Waals surface area contributed by atoms with E-state index in [2.05, 4.69) is 39.0 Å². The van der Waals surface area contributed by atoms with Crippen molar-refractivity contribution in [3.05, 3.63) is 47.6 Å². The van der Waals surface area contributed by atoms with Gasteiger partial charge in [0.15, 0.2) is 17.7 Å². The zero-order valence-electron chi connectivity index (χ0n) is 23.1. The maximum atomic E-state index is 13.8. The molecule has 5 rings (SSSR count). The number of carbonyl (C=O) groups excluding carboxylic acids is 2.